The van der Waals surface area contributed by atoms with E-state index in [9.17, 15) is 4.79 Å². The molecular formula is C18H27ClN4O2. The Morgan fingerprint density at radius 3 is 2.68 bits per heavy atom. The number of ether oxygens (including phenoxy) is 1. The number of carbonyl (C=O) groups is 1. The van der Waals surface area contributed by atoms with E-state index < -0.39 is 11.7 Å². The largest absolute Gasteiger partial charge is 0.440 e. The van der Waals surface area contributed by atoms with Crippen LogP contribution in [0.5, 0.6) is 0 Å². The Hall–Kier alpha value is -1.63. The minimum absolute atomic E-state index is 0.0750. The number of rotatable bonds is 7. The summed E-state index contributed by atoms with van der Waals surface area (Å²) < 4.78 is 5.91. The molecular weight excluding hydrogens is 340 g/mol. The van der Waals surface area contributed by atoms with Crippen molar-refractivity contribution in [1.82, 2.24) is 10.4 Å². The van der Waals surface area contributed by atoms with Gasteiger partial charge in [0.2, 0.25) is 0 Å². The quantitative estimate of drug-likeness (QED) is 0.718. The predicted octanol–water partition coefficient (Wildman–Crippen LogP) is 3.91. The molecule has 7 heteroatoms. The molecule has 0 aliphatic carbocycles. The number of hydrogen-bond acceptors (Lipinski definition) is 5. The van der Waals surface area contributed by atoms with E-state index in [1.165, 1.54) is 4.90 Å². The molecule has 1 fully saturated rings. The molecule has 0 radical (unpaired) electrons. The maximum atomic E-state index is 12.7. The van der Waals surface area contributed by atoms with Gasteiger partial charge in [-0.2, -0.15) is 0 Å². The van der Waals surface area contributed by atoms with Gasteiger partial charge in [0.1, 0.15) is 11.4 Å². The lowest BCUT2D eigenvalue weighted by atomic mass is 9.84. The van der Waals surface area contributed by atoms with Crippen LogP contribution < -0.4 is 10.3 Å². The van der Waals surface area contributed by atoms with E-state index in [2.05, 4.69) is 5.43 Å². The fraction of sp³-hybridized carbons (Fsp3) is 0.556. The lowest BCUT2D eigenvalue weighted by Crippen LogP contribution is -2.61. The van der Waals surface area contributed by atoms with Crippen molar-refractivity contribution in [3.05, 3.63) is 29.3 Å². The van der Waals surface area contributed by atoms with Crippen LogP contribution in [0.2, 0.25) is 5.02 Å². The molecule has 2 rings (SSSR count). The molecule has 1 unspecified atom stereocenters. The van der Waals surface area contributed by atoms with Gasteiger partial charge in [-0.25, -0.2) is 14.7 Å². The molecule has 25 heavy (non-hydrogen) atoms. The first kappa shape index (κ1) is 19.7. The van der Waals surface area contributed by atoms with E-state index in [1.54, 1.807) is 24.3 Å². The van der Waals surface area contributed by atoms with Crippen LogP contribution in [0.1, 0.15) is 34.1 Å². The van der Waals surface area contributed by atoms with Crippen LogP contribution in [0.3, 0.4) is 0 Å². The summed E-state index contributed by atoms with van der Waals surface area (Å²) in [7, 11) is 0. The zero-order chi connectivity index (χ0) is 18.6. The van der Waals surface area contributed by atoms with E-state index in [4.69, 9.17) is 21.7 Å². The molecule has 1 aliphatic heterocycles. The highest BCUT2D eigenvalue weighted by Gasteiger charge is 2.47. The second-order valence-corrected chi connectivity index (χ2v) is 6.99. The third-order valence-electron chi connectivity index (χ3n) is 4.55. The Bertz CT molecular complexity index is 617. The number of likely N-dealkylation sites (N-methyl/N-ethyl adjacent to an activating group) is 1. The summed E-state index contributed by atoms with van der Waals surface area (Å²) in [6.07, 6.45) is -0.176. The van der Waals surface area contributed by atoms with Gasteiger partial charge in [-0.05, 0) is 24.1 Å². The molecule has 2 N–H and O–H groups in total. The molecule has 1 heterocycles. The van der Waals surface area contributed by atoms with Gasteiger partial charge in [0.05, 0.1) is 12.2 Å². The van der Waals surface area contributed by atoms with Crippen LogP contribution in [-0.4, -0.2) is 42.2 Å². The van der Waals surface area contributed by atoms with Gasteiger partial charge >= 0.3 is 6.09 Å². The summed E-state index contributed by atoms with van der Waals surface area (Å²) in [5.74, 6) is 0.297. The van der Waals surface area contributed by atoms with Gasteiger partial charge in [-0.15, -0.1) is 0 Å². The number of anilines is 1. The Morgan fingerprint density at radius 2 is 2.16 bits per heavy atom. The molecule has 0 saturated carbocycles. The molecule has 6 nitrogen and oxygen atoms in total. The van der Waals surface area contributed by atoms with Crippen molar-refractivity contribution in [2.75, 3.05) is 24.5 Å². The number of nitrogens with zero attached hydrogens (tertiary/aromatic N) is 2. The Balaban J connectivity index is 2.27. The van der Waals surface area contributed by atoms with Crippen molar-refractivity contribution in [3.63, 3.8) is 0 Å². The second kappa shape index (κ2) is 8.17. The molecule has 1 amide bonds. The zero-order valence-electron chi connectivity index (χ0n) is 15.3. The van der Waals surface area contributed by atoms with Gasteiger partial charge in [0.25, 0.3) is 0 Å². The minimum Gasteiger partial charge on any atom is -0.440 e. The van der Waals surface area contributed by atoms with Crippen LogP contribution in [0, 0.1) is 11.3 Å². The van der Waals surface area contributed by atoms with E-state index in [-0.39, 0.29) is 11.8 Å². The molecule has 1 aromatic rings. The van der Waals surface area contributed by atoms with E-state index >= 15 is 0 Å². The molecule has 1 saturated heterocycles. The number of hydrazine groups is 1. The Morgan fingerprint density at radius 1 is 1.44 bits per heavy atom. The average Bonchev–Trinajstić information content (AvgIpc) is 2.53. The number of cyclic esters (lactones) is 1. The molecule has 1 aliphatic rings. The highest BCUT2D eigenvalue weighted by atomic mass is 35.5. The Labute approximate surface area is 154 Å². The van der Waals surface area contributed by atoms with Crippen molar-refractivity contribution in [2.24, 2.45) is 5.92 Å². The van der Waals surface area contributed by atoms with Crippen LogP contribution >= 0.6 is 11.6 Å². The average molecular weight is 367 g/mol. The maximum absolute atomic E-state index is 12.7. The van der Waals surface area contributed by atoms with Crippen molar-refractivity contribution in [3.8, 4) is 0 Å². The number of halogens is 1. The highest BCUT2D eigenvalue weighted by Crippen LogP contribution is 2.35. The second-order valence-electron chi connectivity index (χ2n) is 6.55. The summed E-state index contributed by atoms with van der Waals surface area (Å²) in [5.41, 5.74) is 3.10. The third-order valence-corrected chi connectivity index (χ3v) is 4.79. The van der Waals surface area contributed by atoms with Crippen LogP contribution in [0.15, 0.2) is 24.3 Å². The van der Waals surface area contributed by atoms with Gasteiger partial charge in [-0.3, -0.25) is 10.8 Å². The van der Waals surface area contributed by atoms with Gasteiger partial charge < -0.3 is 4.74 Å². The number of amides is 1. The third kappa shape index (κ3) is 4.32. The number of hydrogen-bond donors (Lipinski definition) is 2. The van der Waals surface area contributed by atoms with E-state index in [0.717, 1.165) is 13.1 Å². The van der Waals surface area contributed by atoms with E-state index in [0.29, 0.717) is 23.7 Å². The van der Waals surface area contributed by atoms with Gasteiger partial charge in [0, 0.05) is 24.5 Å². The fourth-order valence-electron chi connectivity index (χ4n) is 3.02. The van der Waals surface area contributed by atoms with Crippen molar-refractivity contribution >= 4 is 29.2 Å². The summed E-state index contributed by atoms with van der Waals surface area (Å²) in [6.45, 7) is 10.2. The first-order valence-electron chi connectivity index (χ1n) is 8.67. The summed E-state index contributed by atoms with van der Waals surface area (Å²) >= 11 is 6.02. The maximum Gasteiger partial charge on any atom is 0.420 e. The first-order valence-corrected chi connectivity index (χ1v) is 9.05. The monoisotopic (exact) mass is 366 g/mol. The smallest absolute Gasteiger partial charge is 0.420 e. The number of nitrogens with one attached hydrogen (secondary N) is 2. The van der Waals surface area contributed by atoms with Gasteiger partial charge in [-0.1, -0.05) is 45.4 Å². The van der Waals surface area contributed by atoms with Crippen LogP contribution in [0.25, 0.3) is 0 Å². The normalized spacial score (nSPS) is 21.2. The van der Waals surface area contributed by atoms with Crippen molar-refractivity contribution in [2.45, 2.75) is 39.7 Å². The SMILES string of the molecule is CCNN(CC)CC1(C(C)C)CC(=N)N(c2cccc(Cl)c2)C(=O)O1. The lowest BCUT2D eigenvalue weighted by molar-refractivity contribution is -0.0537. The number of amidine groups is 1. The number of benzene rings is 1. The van der Waals surface area contributed by atoms with Crippen LogP contribution in [-0.2, 0) is 4.74 Å². The molecule has 138 valence electrons. The molecule has 1 atom stereocenters. The summed E-state index contributed by atoms with van der Waals surface area (Å²) in [4.78, 5) is 14.0. The Kier molecular flexibility index (Phi) is 6.43. The lowest BCUT2D eigenvalue weighted by Gasteiger charge is -2.45. The topological polar surface area (TPSA) is 68.7 Å². The summed E-state index contributed by atoms with van der Waals surface area (Å²) in [5, 5.41) is 11.0. The standard InChI is InChI=1S/C18H27ClN4O2/c1-5-21-22(6-2)12-18(13(3)4)11-16(20)23(17(24)25-18)15-9-7-8-14(19)10-15/h7-10,13,20-21H,5-6,11-12H2,1-4H3. The highest BCUT2D eigenvalue weighted by molar-refractivity contribution is 6.31. The molecule has 0 spiro atoms. The number of carbonyl (C=O) groups excluding carboxylic acids is 1. The fourth-order valence-corrected chi connectivity index (χ4v) is 3.21. The van der Waals surface area contributed by atoms with Crippen LogP contribution in [0.4, 0.5) is 10.5 Å². The summed E-state index contributed by atoms with van der Waals surface area (Å²) in [6, 6.07) is 6.90. The van der Waals surface area contributed by atoms with E-state index in [1.807, 2.05) is 32.7 Å². The molecule has 1 aromatic carbocycles. The molecule has 0 aromatic heterocycles. The molecule has 0 bridgehead atoms. The van der Waals surface area contributed by atoms with Crippen molar-refractivity contribution < 1.29 is 9.53 Å². The van der Waals surface area contributed by atoms with Crippen molar-refractivity contribution in [1.29, 1.82) is 5.41 Å². The first-order chi connectivity index (χ1) is 11.8. The predicted molar refractivity (Wildman–Crippen MR) is 101 cm³/mol. The van der Waals surface area contributed by atoms with Gasteiger partial charge in [0.15, 0.2) is 0 Å². The zero-order valence-corrected chi connectivity index (χ0v) is 16.1. The minimum atomic E-state index is -0.735.